The molecular formula is C11H22F3NO. The van der Waals surface area contributed by atoms with E-state index in [-0.39, 0.29) is 13.0 Å². The molecule has 5 heteroatoms. The lowest BCUT2D eigenvalue weighted by Gasteiger charge is -2.08. The lowest BCUT2D eigenvalue weighted by atomic mass is 10.2. The smallest absolute Gasteiger partial charge is 0.381 e. The number of ether oxygens (including phenoxy) is 1. The molecule has 0 atom stereocenters. The molecule has 0 aromatic heterocycles. The predicted molar refractivity (Wildman–Crippen MR) is 58.4 cm³/mol. The van der Waals surface area contributed by atoms with Gasteiger partial charge in [-0.25, -0.2) is 0 Å². The van der Waals surface area contributed by atoms with Gasteiger partial charge < -0.3 is 10.1 Å². The Morgan fingerprint density at radius 3 is 2.31 bits per heavy atom. The van der Waals surface area contributed by atoms with Gasteiger partial charge in [-0.2, -0.15) is 13.2 Å². The van der Waals surface area contributed by atoms with Gasteiger partial charge in [0, 0.05) is 19.6 Å². The molecule has 0 amide bonds. The third-order valence-corrected chi connectivity index (χ3v) is 1.94. The summed E-state index contributed by atoms with van der Waals surface area (Å²) in [6.07, 6.45) is -3.90. The molecule has 16 heavy (non-hydrogen) atoms. The molecule has 0 spiro atoms. The van der Waals surface area contributed by atoms with Crippen LogP contribution in [0.4, 0.5) is 13.2 Å². The second-order valence-corrected chi connectivity index (χ2v) is 4.28. The van der Waals surface area contributed by atoms with Crippen molar-refractivity contribution in [2.75, 3.05) is 26.3 Å². The highest BCUT2D eigenvalue weighted by Gasteiger charge is 2.25. The summed E-state index contributed by atoms with van der Waals surface area (Å²) in [5, 5.41) is 3.24. The highest BCUT2D eigenvalue weighted by atomic mass is 19.4. The lowest BCUT2D eigenvalue weighted by molar-refractivity contribution is -0.137. The molecule has 0 radical (unpaired) electrons. The van der Waals surface area contributed by atoms with Gasteiger partial charge in [0.25, 0.3) is 0 Å². The van der Waals surface area contributed by atoms with Gasteiger partial charge in [0.2, 0.25) is 0 Å². The first-order valence-electron chi connectivity index (χ1n) is 5.77. The van der Waals surface area contributed by atoms with Crippen molar-refractivity contribution in [1.82, 2.24) is 5.32 Å². The Morgan fingerprint density at radius 2 is 1.75 bits per heavy atom. The number of nitrogens with one attached hydrogen (secondary N) is 1. The van der Waals surface area contributed by atoms with Crippen molar-refractivity contribution in [3.63, 3.8) is 0 Å². The lowest BCUT2D eigenvalue weighted by Crippen LogP contribution is -2.21. The maximum Gasteiger partial charge on any atom is 0.389 e. The molecule has 98 valence electrons. The van der Waals surface area contributed by atoms with E-state index in [4.69, 9.17) is 4.74 Å². The molecular weight excluding hydrogens is 219 g/mol. The van der Waals surface area contributed by atoms with Crippen molar-refractivity contribution < 1.29 is 17.9 Å². The Labute approximate surface area is 95.5 Å². The number of hydrogen-bond donors (Lipinski definition) is 1. The molecule has 0 aliphatic rings. The quantitative estimate of drug-likeness (QED) is 0.627. The van der Waals surface area contributed by atoms with Crippen molar-refractivity contribution >= 4 is 0 Å². The Balaban J connectivity index is 3.05. The monoisotopic (exact) mass is 241 g/mol. The zero-order valence-electron chi connectivity index (χ0n) is 10.1. The Morgan fingerprint density at radius 1 is 1.12 bits per heavy atom. The zero-order chi connectivity index (χ0) is 12.4. The largest absolute Gasteiger partial charge is 0.389 e. The average molecular weight is 241 g/mol. The summed E-state index contributed by atoms with van der Waals surface area (Å²) in [5.41, 5.74) is 0. The van der Waals surface area contributed by atoms with Gasteiger partial charge in [0.15, 0.2) is 0 Å². The van der Waals surface area contributed by atoms with Gasteiger partial charge in [-0.1, -0.05) is 13.8 Å². The van der Waals surface area contributed by atoms with Crippen LogP contribution in [0.25, 0.3) is 0 Å². The number of hydrogen-bond acceptors (Lipinski definition) is 2. The second-order valence-electron chi connectivity index (χ2n) is 4.28. The first kappa shape index (κ1) is 15.7. The maximum atomic E-state index is 11.7. The summed E-state index contributed by atoms with van der Waals surface area (Å²) in [6, 6.07) is 0. The van der Waals surface area contributed by atoms with E-state index in [0.717, 1.165) is 19.5 Å². The van der Waals surface area contributed by atoms with Crippen molar-refractivity contribution in [3.05, 3.63) is 0 Å². The van der Waals surface area contributed by atoms with Crippen molar-refractivity contribution in [2.45, 2.75) is 39.3 Å². The van der Waals surface area contributed by atoms with Crippen LogP contribution in [0.5, 0.6) is 0 Å². The van der Waals surface area contributed by atoms with Gasteiger partial charge in [0.1, 0.15) is 0 Å². The number of rotatable bonds is 9. The molecule has 0 unspecified atom stereocenters. The van der Waals surface area contributed by atoms with Gasteiger partial charge in [-0.15, -0.1) is 0 Å². The van der Waals surface area contributed by atoms with Crippen LogP contribution in [0, 0.1) is 5.92 Å². The average Bonchev–Trinajstić information content (AvgIpc) is 2.13. The summed E-state index contributed by atoms with van der Waals surface area (Å²) < 4.78 is 40.3. The molecule has 0 aromatic rings. The SMILES string of the molecule is CC(C)CNCCCOCCCC(F)(F)F. The van der Waals surface area contributed by atoms with Crippen LogP contribution < -0.4 is 5.32 Å². The second kappa shape index (κ2) is 8.82. The van der Waals surface area contributed by atoms with Crippen LogP contribution in [0.15, 0.2) is 0 Å². The number of halogens is 3. The predicted octanol–water partition coefficient (Wildman–Crippen LogP) is 2.98. The summed E-state index contributed by atoms with van der Waals surface area (Å²) in [7, 11) is 0. The molecule has 0 heterocycles. The standard InChI is InChI=1S/C11H22F3NO/c1-10(2)9-15-6-4-8-16-7-3-5-11(12,13)14/h10,15H,3-9H2,1-2H3. The molecule has 0 saturated carbocycles. The normalized spacial score (nSPS) is 12.4. The summed E-state index contributed by atoms with van der Waals surface area (Å²) in [6.45, 7) is 6.81. The molecule has 0 fully saturated rings. The minimum absolute atomic E-state index is 0.0585. The van der Waals surface area contributed by atoms with E-state index in [1.807, 2.05) is 0 Å². The fraction of sp³-hybridized carbons (Fsp3) is 1.00. The molecule has 0 saturated heterocycles. The van der Waals surface area contributed by atoms with Crippen LogP contribution in [-0.2, 0) is 4.74 Å². The van der Waals surface area contributed by atoms with Crippen molar-refractivity contribution in [2.24, 2.45) is 5.92 Å². The van der Waals surface area contributed by atoms with Crippen LogP contribution >= 0.6 is 0 Å². The fourth-order valence-electron chi connectivity index (χ4n) is 1.17. The Kier molecular flexibility index (Phi) is 8.66. The van der Waals surface area contributed by atoms with E-state index in [0.29, 0.717) is 12.5 Å². The molecule has 0 rings (SSSR count). The maximum absolute atomic E-state index is 11.7. The van der Waals surface area contributed by atoms with Crippen molar-refractivity contribution in [1.29, 1.82) is 0 Å². The van der Waals surface area contributed by atoms with E-state index >= 15 is 0 Å². The van der Waals surface area contributed by atoms with E-state index in [1.165, 1.54) is 0 Å². The first-order valence-corrected chi connectivity index (χ1v) is 5.77. The highest BCUT2D eigenvalue weighted by molar-refractivity contribution is 4.52. The Hall–Kier alpha value is -0.290. The van der Waals surface area contributed by atoms with Crippen molar-refractivity contribution in [3.8, 4) is 0 Å². The summed E-state index contributed by atoms with van der Waals surface area (Å²) in [4.78, 5) is 0. The first-order chi connectivity index (χ1) is 7.42. The van der Waals surface area contributed by atoms with E-state index in [9.17, 15) is 13.2 Å². The fourth-order valence-corrected chi connectivity index (χ4v) is 1.17. The van der Waals surface area contributed by atoms with Gasteiger partial charge >= 0.3 is 6.18 Å². The molecule has 2 nitrogen and oxygen atoms in total. The van der Waals surface area contributed by atoms with E-state index in [1.54, 1.807) is 0 Å². The zero-order valence-corrected chi connectivity index (χ0v) is 10.1. The van der Waals surface area contributed by atoms with Gasteiger partial charge in [0.05, 0.1) is 0 Å². The van der Waals surface area contributed by atoms with Gasteiger partial charge in [-0.3, -0.25) is 0 Å². The molecule has 0 aliphatic carbocycles. The highest BCUT2D eigenvalue weighted by Crippen LogP contribution is 2.20. The minimum atomic E-state index is -4.05. The summed E-state index contributed by atoms with van der Waals surface area (Å²) >= 11 is 0. The molecule has 1 N–H and O–H groups in total. The summed E-state index contributed by atoms with van der Waals surface area (Å²) in [5.74, 6) is 0.618. The van der Waals surface area contributed by atoms with E-state index < -0.39 is 12.6 Å². The molecule has 0 bridgehead atoms. The van der Waals surface area contributed by atoms with E-state index in [2.05, 4.69) is 19.2 Å². The van der Waals surface area contributed by atoms with Crippen LogP contribution in [0.3, 0.4) is 0 Å². The van der Waals surface area contributed by atoms with Gasteiger partial charge in [-0.05, 0) is 31.8 Å². The molecule has 0 aliphatic heterocycles. The third kappa shape index (κ3) is 13.7. The van der Waals surface area contributed by atoms with Crippen LogP contribution in [0.2, 0.25) is 0 Å². The van der Waals surface area contributed by atoms with Crippen LogP contribution in [-0.4, -0.2) is 32.5 Å². The molecule has 0 aromatic carbocycles. The number of alkyl halides is 3. The minimum Gasteiger partial charge on any atom is -0.381 e. The van der Waals surface area contributed by atoms with Crippen LogP contribution in [0.1, 0.15) is 33.1 Å². The topological polar surface area (TPSA) is 21.3 Å². The third-order valence-electron chi connectivity index (χ3n) is 1.94. The Bertz CT molecular complexity index is 160.